The fourth-order valence-electron chi connectivity index (χ4n) is 1.28. The van der Waals surface area contributed by atoms with E-state index >= 15 is 0 Å². The maximum atomic E-state index is 12.8. The standard InChI is InChI=1S/C10H8BrFN4/c11-7-8(15-10(14)16-9(7)13)5-1-3-6(12)4-2-5/h1-4H,(H4,13,14,15,16). The molecule has 0 amide bonds. The first-order chi connectivity index (χ1) is 7.58. The molecule has 4 N–H and O–H groups in total. The third-order valence-electron chi connectivity index (χ3n) is 2.01. The van der Waals surface area contributed by atoms with Crippen molar-refractivity contribution < 1.29 is 4.39 Å². The summed E-state index contributed by atoms with van der Waals surface area (Å²) in [5.74, 6) is 0.0294. The zero-order valence-electron chi connectivity index (χ0n) is 8.11. The highest BCUT2D eigenvalue weighted by Crippen LogP contribution is 2.30. The molecule has 82 valence electrons. The molecule has 0 saturated carbocycles. The molecular formula is C10H8BrFN4. The second kappa shape index (κ2) is 4.05. The van der Waals surface area contributed by atoms with Gasteiger partial charge in [0, 0.05) is 5.56 Å². The van der Waals surface area contributed by atoms with Crippen LogP contribution in [-0.4, -0.2) is 9.97 Å². The normalized spacial score (nSPS) is 10.4. The Hall–Kier alpha value is -1.69. The number of anilines is 2. The molecule has 2 aromatic rings. The maximum Gasteiger partial charge on any atom is 0.222 e. The summed E-state index contributed by atoms with van der Waals surface area (Å²) in [4.78, 5) is 7.85. The molecule has 1 aromatic carbocycles. The van der Waals surface area contributed by atoms with Gasteiger partial charge in [-0.2, -0.15) is 4.98 Å². The lowest BCUT2D eigenvalue weighted by Gasteiger charge is -2.06. The number of nitrogens with zero attached hydrogens (tertiary/aromatic N) is 2. The molecule has 0 radical (unpaired) electrons. The highest BCUT2D eigenvalue weighted by molar-refractivity contribution is 9.10. The number of rotatable bonds is 1. The third-order valence-corrected chi connectivity index (χ3v) is 2.79. The fourth-order valence-corrected chi connectivity index (χ4v) is 1.69. The quantitative estimate of drug-likeness (QED) is 0.841. The Morgan fingerprint density at radius 3 is 2.31 bits per heavy atom. The summed E-state index contributed by atoms with van der Waals surface area (Å²) in [7, 11) is 0. The van der Waals surface area contributed by atoms with Crippen LogP contribution in [0.4, 0.5) is 16.2 Å². The minimum Gasteiger partial charge on any atom is -0.383 e. The SMILES string of the molecule is Nc1nc(N)c(Br)c(-c2ccc(F)cc2)n1. The van der Waals surface area contributed by atoms with Gasteiger partial charge in [0.2, 0.25) is 5.95 Å². The number of hydrogen-bond acceptors (Lipinski definition) is 4. The number of nitrogen functional groups attached to an aromatic ring is 2. The zero-order valence-corrected chi connectivity index (χ0v) is 9.70. The van der Waals surface area contributed by atoms with Crippen molar-refractivity contribution in [3.05, 3.63) is 34.6 Å². The predicted molar refractivity (Wildman–Crippen MR) is 64.0 cm³/mol. The number of halogens is 2. The van der Waals surface area contributed by atoms with E-state index in [1.807, 2.05) is 0 Å². The number of benzene rings is 1. The summed E-state index contributed by atoms with van der Waals surface area (Å²) in [5.41, 5.74) is 12.4. The molecule has 0 fully saturated rings. The molecule has 0 atom stereocenters. The highest BCUT2D eigenvalue weighted by atomic mass is 79.9. The Balaban J connectivity index is 2.59. The summed E-state index contributed by atoms with van der Waals surface area (Å²) in [5, 5.41) is 0. The van der Waals surface area contributed by atoms with Crippen molar-refractivity contribution >= 4 is 27.7 Å². The second-order valence-corrected chi connectivity index (χ2v) is 3.93. The van der Waals surface area contributed by atoms with E-state index in [0.717, 1.165) is 0 Å². The van der Waals surface area contributed by atoms with Crippen LogP contribution in [0.1, 0.15) is 0 Å². The Morgan fingerprint density at radius 1 is 1.06 bits per heavy atom. The van der Waals surface area contributed by atoms with Gasteiger partial charge >= 0.3 is 0 Å². The van der Waals surface area contributed by atoms with Crippen molar-refractivity contribution in [3.63, 3.8) is 0 Å². The van der Waals surface area contributed by atoms with Gasteiger partial charge in [0.1, 0.15) is 11.6 Å². The Morgan fingerprint density at radius 2 is 1.69 bits per heavy atom. The van der Waals surface area contributed by atoms with E-state index < -0.39 is 0 Å². The molecule has 0 aliphatic carbocycles. The van der Waals surface area contributed by atoms with Crippen molar-refractivity contribution in [2.24, 2.45) is 0 Å². The molecule has 0 aliphatic rings. The van der Waals surface area contributed by atoms with E-state index in [4.69, 9.17) is 11.5 Å². The topological polar surface area (TPSA) is 77.8 Å². The van der Waals surface area contributed by atoms with E-state index in [0.29, 0.717) is 15.7 Å². The van der Waals surface area contributed by atoms with Gasteiger partial charge in [0.25, 0.3) is 0 Å². The molecule has 0 unspecified atom stereocenters. The van der Waals surface area contributed by atoms with Gasteiger partial charge in [-0.25, -0.2) is 9.37 Å². The number of nitrogens with two attached hydrogens (primary N) is 2. The first-order valence-corrected chi connectivity index (χ1v) is 5.21. The molecule has 16 heavy (non-hydrogen) atoms. The van der Waals surface area contributed by atoms with Gasteiger partial charge in [0.05, 0.1) is 10.2 Å². The van der Waals surface area contributed by atoms with E-state index in [2.05, 4.69) is 25.9 Å². The minimum absolute atomic E-state index is 0.0834. The summed E-state index contributed by atoms with van der Waals surface area (Å²) in [6, 6.07) is 5.88. The van der Waals surface area contributed by atoms with Gasteiger partial charge in [-0.05, 0) is 40.2 Å². The molecule has 4 nitrogen and oxygen atoms in total. The average Bonchev–Trinajstić information content (AvgIpc) is 2.25. The largest absolute Gasteiger partial charge is 0.383 e. The van der Waals surface area contributed by atoms with Crippen LogP contribution in [0.25, 0.3) is 11.3 Å². The van der Waals surface area contributed by atoms with Crippen LogP contribution in [0.3, 0.4) is 0 Å². The van der Waals surface area contributed by atoms with E-state index in [-0.39, 0.29) is 17.6 Å². The lowest BCUT2D eigenvalue weighted by atomic mass is 10.1. The average molecular weight is 283 g/mol. The van der Waals surface area contributed by atoms with Crippen molar-refractivity contribution in [1.29, 1.82) is 0 Å². The summed E-state index contributed by atoms with van der Waals surface area (Å²) < 4.78 is 13.3. The molecule has 1 heterocycles. The van der Waals surface area contributed by atoms with Crippen LogP contribution in [0.5, 0.6) is 0 Å². The van der Waals surface area contributed by atoms with Crippen LogP contribution in [0.15, 0.2) is 28.7 Å². The molecule has 2 rings (SSSR count). The molecule has 0 bridgehead atoms. The second-order valence-electron chi connectivity index (χ2n) is 3.14. The van der Waals surface area contributed by atoms with Crippen LogP contribution in [-0.2, 0) is 0 Å². The molecular weight excluding hydrogens is 275 g/mol. The van der Waals surface area contributed by atoms with Gasteiger partial charge in [-0.15, -0.1) is 0 Å². The van der Waals surface area contributed by atoms with Gasteiger partial charge in [-0.3, -0.25) is 0 Å². The maximum absolute atomic E-state index is 12.8. The van der Waals surface area contributed by atoms with Crippen LogP contribution in [0, 0.1) is 5.82 Å². The van der Waals surface area contributed by atoms with Crippen LogP contribution in [0.2, 0.25) is 0 Å². The van der Waals surface area contributed by atoms with Crippen molar-refractivity contribution in [2.75, 3.05) is 11.5 Å². The van der Waals surface area contributed by atoms with E-state index in [1.54, 1.807) is 12.1 Å². The Kier molecular flexibility index (Phi) is 2.74. The van der Waals surface area contributed by atoms with E-state index in [9.17, 15) is 4.39 Å². The fraction of sp³-hybridized carbons (Fsp3) is 0. The zero-order chi connectivity index (χ0) is 11.7. The van der Waals surface area contributed by atoms with Gasteiger partial charge < -0.3 is 11.5 Å². The van der Waals surface area contributed by atoms with Gasteiger partial charge in [0.15, 0.2) is 0 Å². The van der Waals surface area contributed by atoms with E-state index in [1.165, 1.54) is 12.1 Å². The molecule has 6 heteroatoms. The molecule has 0 aliphatic heterocycles. The summed E-state index contributed by atoms with van der Waals surface area (Å²) in [6.07, 6.45) is 0. The monoisotopic (exact) mass is 282 g/mol. The number of hydrogen-bond donors (Lipinski definition) is 2. The number of aromatic nitrogens is 2. The van der Waals surface area contributed by atoms with Gasteiger partial charge in [-0.1, -0.05) is 0 Å². The first kappa shape index (κ1) is 10.8. The lowest BCUT2D eigenvalue weighted by molar-refractivity contribution is 0.628. The Labute approximate surface area is 99.6 Å². The Bertz CT molecular complexity index is 527. The minimum atomic E-state index is -0.310. The highest BCUT2D eigenvalue weighted by Gasteiger charge is 2.10. The summed E-state index contributed by atoms with van der Waals surface area (Å²) in [6.45, 7) is 0. The van der Waals surface area contributed by atoms with Crippen molar-refractivity contribution in [1.82, 2.24) is 9.97 Å². The van der Waals surface area contributed by atoms with Crippen molar-refractivity contribution in [3.8, 4) is 11.3 Å². The summed E-state index contributed by atoms with van der Waals surface area (Å²) >= 11 is 3.27. The van der Waals surface area contributed by atoms with Crippen LogP contribution < -0.4 is 11.5 Å². The predicted octanol–water partition coefficient (Wildman–Crippen LogP) is 2.21. The molecule has 1 aromatic heterocycles. The molecule has 0 spiro atoms. The third kappa shape index (κ3) is 1.96. The lowest BCUT2D eigenvalue weighted by Crippen LogP contribution is -2.02. The van der Waals surface area contributed by atoms with Crippen molar-refractivity contribution in [2.45, 2.75) is 0 Å². The first-order valence-electron chi connectivity index (χ1n) is 4.42. The molecule has 0 saturated heterocycles. The van der Waals surface area contributed by atoms with Crippen LogP contribution >= 0.6 is 15.9 Å². The smallest absolute Gasteiger partial charge is 0.222 e.